The van der Waals surface area contributed by atoms with Gasteiger partial charge in [-0.25, -0.2) is 0 Å². The van der Waals surface area contributed by atoms with Crippen molar-refractivity contribution in [3.05, 3.63) is 0 Å². The third kappa shape index (κ3) is 36.7. The summed E-state index contributed by atoms with van der Waals surface area (Å²) in [5.74, 6) is 0. The predicted molar refractivity (Wildman–Crippen MR) is 10.8 cm³/mol. The van der Waals surface area contributed by atoms with Crippen molar-refractivity contribution in [2.75, 3.05) is 0 Å². The molecule has 0 aromatic rings. The van der Waals surface area contributed by atoms with Crippen molar-refractivity contribution in [1.82, 2.24) is 0 Å². The fourth-order valence-corrected chi connectivity index (χ4v) is 0. The van der Waals surface area contributed by atoms with Gasteiger partial charge in [-0.2, -0.15) is 0 Å². The number of rotatable bonds is 0. The van der Waals surface area contributed by atoms with E-state index < -0.39 is 20.1 Å². The third-order valence-electron chi connectivity index (χ3n) is 0. The van der Waals surface area contributed by atoms with E-state index in [1.165, 1.54) is 0 Å². The van der Waals surface area contributed by atoms with Crippen LogP contribution < -0.4 is 30.4 Å². The average Bonchev–Trinajstić information content (AvgIpc) is 0.722. The van der Waals surface area contributed by atoms with E-state index in [0.717, 1.165) is 0 Å². The van der Waals surface area contributed by atoms with Crippen molar-refractivity contribution in [3.8, 4) is 0 Å². The molecule has 4 nitrogen and oxygen atoms in total. The van der Waals surface area contributed by atoms with Crippen molar-refractivity contribution in [1.29, 1.82) is 0 Å². The molecule has 0 aliphatic heterocycles. The monoisotopic (exact) mass is 282 g/mol. The summed E-state index contributed by atoms with van der Waals surface area (Å²) in [5, 5.41) is 0. The summed E-state index contributed by atoms with van der Waals surface area (Å²) in [6, 6.07) is 0. The average molecular weight is 282 g/mol. The van der Waals surface area contributed by atoms with E-state index in [1.54, 1.807) is 0 Å². The second-order valence-corrected chi connectivity index (χ2v) is 2.66. The van der Waals surface area contributed by atoms with Gasteiger partial charge in [-0.3, -0.25) is 10.3 Å². The van der Waals surface area contributed by atoms with Crippen LogP contribution in [0.25, 0.3) is 0 Å². The third-order valence-corrected chi connectivity index (χ3v) is 0. The molecule has 0 saturated heterocycles. The molecule has 1 N–H and O–H groups in total. The first kappa shape index (κ1) is 10.9. The zero-order valence-corrected chi connectivity index (χ0v) is 4.21. The Labute approximate surface area is 77.8 Å². The molecule has 0 aromatic heterocycles. The second kappa shape index (κ2) is 3.98. The molecule has 0 radical (unpaired) electrons. The zero-order valence-electron chi connectivity index (χ0n) is 2.05. The number of hydrogen-bond acceptors (Lipinski definition) is 4. The molecule has 0 aliphatic rings. The van der Waals surface area contributed by atoms with Crippen molar-refractivity contribution in [2.45, 2.75) is 0 Å². The van der Waals surface area contributed by atoms with Gasteiger partial charge < -0.3 is 0 Å². The Bertz CT molecular complexity index is 23.0. The standard InChI is InChI=1S/HIO4.Sr.2H/c2-1(3,4)5;;;/h2H;;;. The molecule has 0 heterocycles. The van der Waals surface area contributed by atoms with Gasteiger partial charge in [0.2, 0.25) is 0 Å². The van der Waals surface area contributed by atoms with Gasteiger partial charge in [0.1, 0.15) is 0 Å². The van der Waals surface area contributed by atoms with Crippen LogP contribution in [0.3, 0.4) is 0 Å². The molecule has 0 spiro atoms. The first-order chi connectivity index (χ1) is 2.00. The van der Waals surface area contributed by atoms with Gasteiger partial charge in [0.15, 0.2) is 0 Å². The fraction of sp³-hybridized carbons (Fsp3) is 0. The van der Waals surface area contributed by atoms with Gasteiger partial charge in [-0.1, -0.05) is 0 Å². The Morgan fingerprint density at radius 2 is 1.17 bits per heavy atom. The molecular weight excluding hydrogens is 279 g/mol. The molecule has 0 unspecified atom stereocenters. The maximum absolute atomic E-state index is 8.73. The van der Waals surface area contributed by atoms with Gasteiger partial charge in [0.25, 0.3) is 0 Å². The Kier molecular flexibility index (Phi) is 7.26. The van der Waals surface area contributed by atoms with Crippen molar-refractivity contribution in [2.24, 2.45) is 0 Å². The molecule has 0 bridgehead atoms. The summed E-state index contributed by atoms with van der Waals surface area (Å²) in [6.07, 6.45) is 0. The molecule has 36 valence electrons. The molecule has 0 atom stereocenters. The number of halogens is 1. The molecular formula is H3IO4Sr. The topological polar surface area (TPSA) is 89.4 Å². The first-order valence-electron chi connectivity index (χ1n) is 0.632. The van der Waals surface area contributed by atoms with Crippen LogP contribution >= 0.6 is 0 Å². The van der Waals surface area contributed by atoms with Crippen LogP contribution in [0.4, 0.5) is 0 Å². The molecule has 0 aromatic carbocycles. The molecule has 0 fully saturated rings. The van der Waals surface area contributed by atoms with Crippen molar-refractivity contribution in [3.63, 3.8) is 0 Å². The minimum absolute atomic E-state index is 0. The first-order valence-corrected chi connectivity index (χ1v) is 4.24. The molecule has 0 saturated carbocycles. The molecule has 6 heavy (non-hydrogen) atoms. The molecule has 0 rings (SSSR count). The van der Waals surface area contributed by atoms with E-state index in [4.69, 9.17) is 13.7 Å². The summed E-state index contributed by atoms with van der Waals surface area (Å²) in [5.41, 5.74) is 0. The van der Waals surface area contributed by atoms with Crippen LogP contribution in [0.5, 0.6) is 0 Å². The Balaban J connectivity index is 0. The normalized spacial score (nSPS) is 10.0. The van der Waals surface area contributed by atoms with Gasteiger partial charge in [0, 0.05) is 3.44 Å². The summed E-state index contributed by atoms with van der Waals surface area (Å²) in [6.45, 7) is 0. The van der Waals surface area contributed by atoms with Crippen LogP contribution in [0, 0.1) is 0 Å². The van der Waals surface area contributed by atoms with Gasteiger partial charge in [-0.15, -0.1) is 0 Å². The summed E-state index contributed by atoms with van der Waals surface area (Å²) >= 11 is -5.69. The zero-order chi connectivity index (χ0) is 4.50. The van der Waals surface area contributed by atoms with Crippen LogP contribution in [0.1, 0.15) is 0 Å². The van der Waals surface area contributed by atoms with Crippen LogP contribution in [0.2, 0.25) is 0 Å². The van der Waals surface area contributed by atoms with Gasteiger partial charge >= 0.3 is 65.6 Å². The Hall–Kier alpha value is 2.05. The second-order valence-electron chi connectivity index (χ2n) is 0.396. The van der Waals surface area contributed by atoms with Crippen molar-refractivity contribution < 1.29 is 33.8 Å². The van der Waals surface area contributed by atoms with E-state index in [1.807, 2.05) is 0 Å². The molecule has 6 heteroatoms. The Morgan fingerprint density at radius 3 is 1.17 bits per heavy atom. The molecule has 0 amide bonds. The van der Waals surface area contributed by atoms with E-state index in [9.17, 15) is 0 Å². The van der Waals surface area contributed by atoms with Gasteiger partial charge in [0.05, 0.1) is 0 Å². The maximum atomic E-state index is 8.73. The SMILES string of the molecule is [O-][I+3]([O-])([O-])O.[SrH2]. The van der Waals surface area contributed by atoms with Crippen LogP contribution in [-0.2, 0) is 0 Å². The molecule has 0 aliphatic carbocycles. The van der Waals surface area contributed by atoms with Crippen LogP contribution in [0.15, 0.2) is 0 Å². The van der Waals surface area contributed by atoms with E-state index in [-0.39, 0.29) is 45.5 Å². The summed E-state index contributed by atoms with van der Waals surface area (Å²) in [4.78, 5) is 0. The quantitative estimate of drug-likeness (QED) is 0.353. The summed E-state index contributed by atoms with van der Waals surface area (Å²) in [7, 11) is 0. The summed E-state index contributed by atoms with van der Waals surface area (Å²) < 4.78 is 33.2. The van der Waals surface area contributed by atoms with E-state index >= 15 is 0 Å². The van der Waals surface area contributed by atoms with Crippen molar-refractivity contribution >= 4 is 45.5 Å². The predicted octanol–water partition coefficient (Wildman–Crippen LogP) is -8.04. The Morgan fingerprint density at radius 1 is 1.17 bits per heavy atom. The van der Waals surface area contributed by atoms with Gasteiger partial charge in [-0.05, 0) is 0 Å². The fourth-order valence-electron chi connectivity index (χ4n) is 0. The van der Waals surface area contributed by atoms with Crippen LogP contribution in [-0.4, -0.2) is 48.9 Å². The van der Waals surface area contributed by atoms with E-state index in [0.29, 0.717) is 0 Å². The van der Waals surface area contributed by atoms with E-state index in [2.05, 4.69) is 0 Å². The minimum atomic E-state index is -5.69. The number of hydrogen-bond donors (Lipinski definition) is 1.